The quantitative estimate of drug-likeness (QED) is 0.416. The molecule has 0 aliphatic carbocycles. The van der Waals surface area contributed by atoms with E-state index in [0.717, 1.165) is 22.1 Å². The molecule has 26 heavy (non-hydrogen) atoms. The van der Waals surface area contributed by atoms with Crippen molar-refractivity contribution in [3.8, 4) is 5.75 Å². The molecule has 0 aliphatic rings. The van der Waals surface area contributed by atoms with Crippen molar-refractivity contribution in [1.29, 1.82) is 0 Å². The van der Waals surface area contributed by atoms with Gasteiger partial charge in [0.2, 0.25) is 0 Å². The van der Waals surface area contributed by atoms with Crippen molar-refractivity contribution in [1.82, 2.24) is 5.43 Å². The maximum Gasteiger partial charge on any atom is 0.273 e. The van der Waals surface area contributed by atoms with Crippen molar-refractivity contribution in [2.75, 3.05) is 5.73 Å². The number of amides is 1. The molecule has 3 N–H and O–H groups in total. The molecule has 0 aliphatic heterocycles. The summed E-state index contributed by atoms with van der Waals surface area (Å²) >= 11 is 0. The van der Waals surface area contributed by atoms with Crippen LogP contribution >= 0.6 is 0 Å². The SMILES string of the molecule is CC(C)Oc1ccc2ccccc2c1/C=N/NC(=O)c1ccccc1N. The van der Waals surface area contributed by atoms with Gasteiger partial charge < -0.3 is 10.5 Å². The molecule has 0 saturated carbocycles. The molecule has 0 unspecified atom stereocenters. The highest BCUT2D eigenvalue weighted by atomic mass is 16.5. The van der Waals surface area contributed by atoms with Crippen LogP contribution in [0.15, 0.2) is 65.8 Å². The van der Waals surface area contributed by atoms with Crippen LogP contribution in [0.2, 0.25) is 0 Å². The van der Waals surface area contributed by atoms with Gasteiger partial charge in [0.05, 0.1) is 17.9 Å². The second kappa shape index (κ2) is 7.70. The molecule has 0 heterocycles. The third kappa shape index (κ3) is 3.83. The van der Waals surface area contributed by atoms with Gasteiger partial charge in [-0.2, -0.15) is 5.10 Å². The molecule has 3 aromatic carbocycles. The van der Waals surface area contributed by atoms with Gasteiger partial charge in [0.15, 0.2) is 0 Å². The summed E-state index contributed by atoms with van der Waals surface area (Å²) in [7, 11) is 0. The third-order valence-electron chi connectivity index (χ3n) is 3.86. The number of carbonyl (C=O) groups excluding carboxylic acids is 1. The van der Waals surface area contributed by atoms with E-state index in [1.807, 2.05) is 50.2 Å². The first-order valence-corrected chi connectivity index (χ1v) is 8.42. The second-order valence-corrected chi connectivity index (χ2v) is 6.15. The van der Waals surface area contributed by atoms with E-state index in [1.54, 1.807) is 30.5 Å². The first-order chi connectivity index (χ1) is 12.6. The van der Waals surface area contributed by atoms with Crippen LogP contribution in [0, 0.1) is 0 Å². The Kier molecular flexibility index (Phi) is 5.17. The lowest BCUT2D eigenvalue weighted by Crippen LogP contribution is -2.19. The lowest BCUT2D eigenvalue weighted by molar-refractivity contribution is 0.0956. The summed E-state index contributed by atoms with van der Waals surface area (Å²) in [5.41, 5.74) is 9.97. The number of rotatable bonds is 5. The number of nitrogens with two attached hydrogens (primary N) is 1. The first kappa shape index (κ1) is 17.5. The monoisotopic (exact) mass is 347 g/mol. The van der Waals surface area contributed by atoms with E-state index in [0.29, 0.717) is 11.3 Å². The molecule has 0 radical (unpaired) electrons. The van der Waals surface area contributed by atoms with Gasteiger partial charge in [-0.1, -0.05) is 42.5 Å². The van der Waals surface area contributed by atoms with Gasteiger partial charge in [0, 0.05) is 11.3 Å². The number of para-hydroxylation sites is 1. The fourth-order valence-corrected chi connectivity index (χ4v) is 2.68. The number of anilines is 1. The van der Waals surface area contributed by atoms with Crippen molar-refractivity contribution in [3.05, 3.63) is 71.8 Å². The summed E-state index contributed by atoms with van der Waals surface area (Å²) in [6, 6.07) is 18.8. The molecule has 3 aromatic rings. The van der Waals surface area contributed by atoms with Gasteiger partial charge in [-0.15, -0.1) is 0 Å². The third-order valence-corrected chi connectivity index (χ3v) is 3.86. The number of hydrogen-bond acceptors (Lipinski definition) is 4. The number of nitrogens with zero attached hydrogens (tertiary/aromatic N) is 1. The van der Waals surface area contributed by atoms with Crippen molar-refractivity contribution >= 4 is 28.6 Å². The smallest absolute Gasteiger partial charge is 0.273 e. The first-order valence-electron chi connectivity index (χ1n) is 8.42. The molecule has 3 rings (SSSR count). The predicted molar refractivity (Wildman–Crippen MR) is 106 cm³/mol. The molecule has 5 heteroatoms. The Bertz CT molecular complexity index is 964. The van der Waals surface area contributed by atoms with Crippen molar-refractivity contribution < 1.29 is 9.53 Å². The van der Waals surface area contributed by atoms with Crippen LogP contribution in [0.4, 0.5) is 5.69 Å². The van der Waals surface area contributed by atoms with Crippen LogP contribution in [0.5, 0.6) is 5.75 Å². The van der Waals surface area contributed by atoms with E-state index >= 15 is 0 Å². The van der Waals surface area contributed by atoms with E-state index in [9.17, 15) is 4.79 Å². The standard InChI is InChI=1S/C21H21N3O2/c1-14(2)26-20-12-11-15-7-3-4-8-16(15)18(20)13-23-24-21(25)17-9-5-6-10-19(17)22/h3-14H,22H2,1-2H3,(H,24,25)/b23-13+. The van der Waals surface area contributed by atoms with Crippen LogP contribution in [0.1, 0.15) is 29.8 Å². The van der Waals surface area contributed by atoms with Gasteiger partial charge >= 0.3 is 0 Å². The van der Waals surface area contributed by atoms with E-state index in [1.165, 1.54) is 0 Å². The summed E-state index contributed by atoms with van der Waals surface area (Å²) in [4.78, 5) is 12.2. The van der Waals surface area contributed by atoms with E-state index < -0.39 is 0 Å². The Morgan fingerprint density at radius 3 is 2.58 bits per heavy atom. The fourth-order valence-electron chi connectivity index (χ4n) is 2.68. The van der Waals surface area contributed by atoms with Gasteiger partial charge in [0.1, 0.15) is 5.75 Å². The zero-order valence-electron chi connectivity index (χ0n) is 14.8. The number of hydrazone groups is 1. The van der Waals surface area contributed by atoms with Crippen molar-refractivity contribution in [2.24, 2.45) is 5.10 Å². The van der Waals surface area contributed by atoms with Gasteiger partial charge in [-0.25, -0.2) is 5.43 Å². The highest BCUT2D eigenvalue weighted by Gasteiger charge is 2.10. The Labute approximate surface area is 152 Å². The minimum atomic E-state index is -0.356. The predicted octanol–water partition coefficient (Wildman–Crippen LogP) is 3.97. The van der Waals surface area contributed by atoms with Gasteiger partial charge in [0.25, 0.3) is 5.91 Å². The van der Waals surface area contributed by atoms with Crippen molar-refractivity contribution in [3.63, 3.8) is 0 Å². The molecular weight excluding hydrogens is 326 g/mol. The van der Waals surface area contributed by atoms with Crippen LogP contribution in [0.3, 0.4) is 0 Å². The molecular formula is C21H21N3O2. The molecule has 0 saturated heterocycles. The number of nitrogens with one attached hydrogen (secondary N) is 1. The number of hydrogen-bond donors (Lipinski definition) is 2. The van der Waals surface area contributed by atoms with Crippen LogP contribution in [0.25, 0.3) is 10.8 Å². The van der Waals surface area contributed by atoms with E-state index in [2.05, 4.69) is 10.5 Å². The highest BCUT2D eigenvalue weighted by molar-refractivity contribution is 6.03. The summed E-state index contributed by atoms with van der Waals surface area (Å²) in [6.07, 6.45) is 1.64. The number of benzene rings is 3. The molecule has 0 bridgehead atoms. The number of ether oxygens (including phenoxy) is 1. The average Bonchev–Trinajstić information content (AvgIpc) is 2.63. The Hall–Kier alpha value is -3.34. The maximum atomic E-state index is 12.2. The lowest BCUT2D eigenvalue weighted by Gasteiger charge is -2.14. The topological polar surface area (TPSA) is 76.7 Å². The number of fused-ring (bicyclic) bond motifs is 1. The molecule has 0 spiro atoms. The largest absolute Gasteiger partial charge is 0.490 e. The van der Waals surface area contributed by atoms with Gasteiger partial charge in [-0.3, -0.25) is 4.79 Å². The van der Waals surface area contributed by atoms with E-state index in [-0.39, 0.29) is 12.0 Å². The molecule has 0 atom stereocenters. The van der Waals surface area contributed by atoms with Crippen LogP contribution in [-0.2, 0) is 0 Å². The Balaban J connectivity index is 1.90. The van der Waals surface area contributed by atoms with Gasteiger partial charge in [-0.05, 0) is 42.8 Å². The Morgan fingerprint density at radius 2 is 1.81 bits per heavy atom. The zero-order chi connectivity index (χ0) is 18.5. The average molecular weight is 347 g/mol. The summed E-state index contributed by atoms with van der Waals surface area (Å²) < 4.78 is 5.89. The highest BCUT2D eigenvalue weighted by Crippen LogP contribution is 2.27. The fraction of sp³-hybridized carbons (Fsp3) is 0.143. The van der Waals surface area contributed by atoms with E-state index in [4.69, 9.17) is 10.5 Å². The summed E-state index contributed by atoms with van der Waals surface area (Å²) in [5.74, 6) is 0.363. The number of nitrogen functional groups attached to an aromatic ring is 1. The minimum absolute atomic E-state index is 0.0296. The second-order valence-electron chi connectivity index (χ2n) is 6.15. The lowest BCUT2D eigenvalue weighted by atomic mass is 10.0. The summed E-state index contributed by atoms with van der Waals surface area (Å²) in [6.45, 7) is 3.94. The summed E-state index contributed by atoms with van der Waals surface area (Å²) in [5, 5.41) is 6.19. The normalized spacial score (nSPS) is 11.2. The maximum absolute atomic E-state index is 12.2. The molecule has 0 fully saturated rings. The minimum Gasteiger partial charge on any atom is -0.490 e. The molecule has 0 aromatic heterocycles. The number of carbonyl (C=O) groups is 1. The molecule has 132 valence electrons. The Morgan fingerprint density at radius 1 is 1.08 bits per heavy atom. The van der Waals surface area contributed by atoms with Crippen LogP contribution in [-0.4, -0.2) is 18.2 Å². The van der Waals surface area contributed by atoms with Crippen molar-refractivity contribution in [2.45, 2.75) is 20.0 Å². The zero-order valence-corrected chi connectivity index (χ0v) is 14.8. The molecule has 1 amide bonds. The van der Waals surface area contributed by atoms with Crippen LogP contribution < -0.4 is 15.9 Å². The molecule has 5 nitrogen and oxygen atoms in total.